The first-order valence-electron chi connectivity index (χ1n) is 8.44. The normalized spacial score (nSPS) is 11.3. The van der Waals surface area contributed by atoms with Crippen LogP contribution in [0.3, 0.4) is 0 Å². The monoisotopic (exact) mass is 333 g/mol. The van der Waals surface area contributed by atoms with Gasteiger partial charge in [-0.15, -0.1) is 5.10 Å². The summed E-state index contributed by atoms with van der Waals surface area (Å²) in [4.78, 5) is 4.52. The van der Waals surface area contributed by atoms with Gasteiger partial charge in [0.25, 0.3) is 0 Å². The molecular weight excluding hydrogens is 314 g/mol. The average Bonchev–Trinajstić information content (AvgIpc) is 3.24. The summed E-state index contributed by atoms with van der Waals surface area (Å²) in [6.45, 7) is 5.05. The lowest BCUT2D eigenvalue weighted by Gasteiger charge is -1.99. The molecule has 2 heterocycles. The smallest absolute Gasteiger partial charge is 0.231 e. The summed E-state index contributed by atoms with van der Waals surface area (Å²) >= 11 is 0. The number of hydrogen-bond acceptors (Lipinski definition) is 5. The first kappa shape index (κ1) is 15.5. The Morgan fingerprint density at radius 3 is 2.72 bits per heavy atom. The Morgan fingerprint density at radius 2 is 1.92 bits per heavy atom. The fraction of sp³-hybridized carbons (Fsp3) is 0.263. The number of aromatic nitrogens is 5. The van der Waals surface area contributed by atoms with E-state index in [-0.39, 0.29) is 0 Å². The maximum atomic E-state index is 5.41. The molecule has 0 aliphatic rings. The van der Waals surface area contributed by atoms with Gasteiger partial charge >= 0.3 is 0 Å². The zero-order valence-corrected chi connectivity index (χ0v) is 14.3. The van der Waals surface area contributed by atoms with Crippen LogP contribution in [0.15, 0.2) is 47.0 Å². The van der Waals surface area contributed by atoms with Crippen LogP contribution in [-0.4, -0.2) is 25.1 Å². The summed E-state index contributed by atoms with van der Waals surface area (Å²) in [5.41, 5.74) is 5.14. The second-order valence-electron chi connectivity index (χ2n) is 6.19. The van der Waals surface area contributed by atoms with Gasteiger partial charge in [0.05, 0.1) is 11.9 Å². The summed E-state index contributed by atoms with van der Waals surface area (Å²) < 4.78 is 7.32. The number of rotatable bonds is 5. The molecule has 0 radical (unpaired) electrons. The Balaban J connectivity index is 1.59. The lowest BCUT2D eigenvalue weighted by Crippen LogP contribution is -1.98. The highest BCUT2D eigenvalue weighted by Crippen LogP contribution is 2.22. The Kier molecular flexibility index (Phi) is 4.01. The van der Waals surface area contributed by atoms with Gasteiger partial charge in [0, 0.05) is 12.1 Å². The number of nitrogens with zero attached hydrogens (tertiary/aromatic N) is 5. The van der Waals surface area contributed by atoms with Crippen molar-refractivity contribution in [2.45, 2.75) is 33.2 Å². The van der Waals surface area contributed by atoms with Crippen LogP contribution in [0, 0.1) is 6.92 Å². The van der Waals surface area contributed by atoms with Crippen LogP contribution in [-0.2, 0) is 13.0 Å². The second kappa shape index (κ2) is 6.47. The Hall–Kier alpha value is -3.02. The molecule has 0 aliphatic carbocycles. The molecule has 2 aromatic heterocycles. The van der Waals surface area contributed by atoms with E-state index in [1.54, 1.807) is 0 Å². The number of fused-ring (bicyclic) bond motifs is 1. The summed E-state index contributed by atoms with van der Waals surface area (Å²) in [7, 11) is 0. The first-order valence-corrected chi connectivity index (χ1v) is 8.44. The molecule has 6 heteroatoms. The average molecular weight is 333 g/mol. The van der Waals surface area contributed by atoms with E-state index >= 15 is 0 Å². The maximum absolute atomic E-state index is 5.41. The van der Waals surface area contributed by atoms with Crippen molar-refractivity contribution < 1.29 is 4.52 Å². The fourth-order valence-corrected chi connectivity index (χ4v) is 2.81. The predicted octanol–water partition coefficient (Wildman–Crippen LogP) is 3.79. The predicted molar refractivity (Wildman–Crippen MR) is 95.1 cm³/mol. The summed E-state index contributed by atoms with van der Waals surface area (Å²) in [6.07, 6.45) is 1.65. The Bertz CT molecular complexity index is 1000. The standard InChI is InChI=1S/C19H19N5O/c1-3-10-24-17-9-8-15(12-16(17)21-23-24)19-20-18(25-22-19)11-14-6-4-13(2)5-7-14/h4-9,12H,3,10-11H2,1-2H3. The topological polar surface area (TPSA) is 69.6 Å². The van der Waals surface area contributed by atoms with Gasteiger partial charge in [0.2, 0.25) is 11.7 Å². The van der Waals surface area contributed by atoms with Gasteiger partial charge in [-0.05, 0) is 37.1 Å². The minimum absolute atomic E-state index is 0.578. The van der Waals surface area contributed by atoms with E-state index in [1.165, 1.54) is 5.56 Å². The molecule has 126 valence electrons. The largest absolute Gasteiger partial charge is 0.339 e. The van der Waals surface area contributed by atoms with Crippen LogP contribution in [0.5, 0.6) is 0 Å². The highest BCUT2D eigenvalue weighted by Gasteiger charge is 2.12. The lowest BCUT2D eigenvalue weighted by molar-refractivity contribution is 0.385. The molecule has 4 aromatic rings. The van der Waals surface area contributed by atoms with E-state index in [2.05, 4.69) is 58.6 Å². The molecule has 6 nitrogen and oxygen atoms in total. The van der Waals surface area contributed by atoms with Gasteiger partial charge in [0.1, 0.15) is 5.52 Å². The van der Waals surface area contributed by atoms with Crippen LogP contribution in [0.4, 0.5) is 0 Å². The SMILES string of the molecule is CCCn1nnc2cc(-c3noc(Cc4ccc(C)cc4)n3)ccc21. The molecule has 0 aliphatic heterocycles. The molecular formula is C19H19N5O. The van der Waals surface area contributed by atoms with Crippen molar-refractivity contribution in [3.63, 3.8) is 0 Å². The van der Waals surface area contributed by atoms with E-state index in [4.69, 9.17) is 4.52 Å². The molecule has 2 aromatic carbocycles. The van der Waals surface area contributed by atoms with E-state index in [0.29, 0.717) is 18.1 Å². The van der Waals surface area contributed by atoms with Crippen molar-refractivity contribution >= 4 is 11.0 Å². The van der Waals surface area contributed by atoms with Crippen LogP contribution >= 0.6 is 0 Å². The maximum Gasteiger partial charge on any atom is 0.231 e. The van der Waals surface area contributed by atoms with Crippen LogP contribution in [0.2, 0.25) is 0 Å². The molecule has 0 bridgehead atoms. The van der Waals surface area contributed by atoms with Crippen molar-refractivity contribution in [2.75, 3.05) is 0 Å². The summed E-state index contributed by atoms with van der Waals surface area (Å²) in [5, 5.41) is 12.5. The van der Waals surface area contributed by atoms with Gasteiger partial charge in [0.15, 0.2) is 0 Å². The minimum Gasteiger partial charge on any atom is -0.339 e. The number of hydrogen-bond donors (Lipinski definition) is 0. The van der Waals surface area contributed by atoms with E-state index in [1.807, 2.05) is 22.9 Å². The third-order valence-corrected chi connectivity index (χ3v) is 4.15. The number of aryl methyl sites for hydroxylation is 2. The van der Waals surface area contributed by atoms with Crippen molar-refractivity contribution in [1.29, 1.82) is 0 Å². The first-order chi connectivity index (χ1) is 12.2. The molecule has 0 N–H and O–H groups in total. The van der Waals surface area contributed by atoms with E-state index < -0.39 is 0 Å². The van der Waals surface area contributed by atoms with Gasteiger partial charge in [-0.1, -0.05) is 47.1 Å². The molecule has 0 fully saturated rings. The minimum atomic E-state index is 0.578. The zero-order chi connectivity index (χ0) is 17.2. The van der Waals surface area contributed by atoms with Crippen molar-refractivity contribution in [2.24, 2.45) is 0 Å². The molecule has 0 spiro atoms. The Morgan fingerprint density at radius 1 is 1.08 bits per heavy atom. The van der Waals surface area contributed by atoms with Gasteiger partial charge in [-0.25, -0.2) is 4.68 Å². The van der Waals surface area contributed by atoms with Crippen molar-refractivity contribution in [3.05, 3.63) is 59.5 Å². The molecule has 0 atom stereocenters. The molecule has 0 unspecified atom stereocenters. The molecule has 0 saturated carbocycles. The Labute approximate surface area is 145 Å². The quantitative estimate of drug-likeness (QED) is 0.556. The van der Waals surface area contributed by atoms with E-state index in [9.17, 15) is 0 Å². The van der Waals surface area contributed by atoms with Crippen LogP contribution < -0.4 is 0 Å². The third-order valence-electron chi connectivity index (χ3n) is 4.15. The van der Waals surface area contributed by atoms with Gasteiger partial charge < -0.3 is 4.52 Å². The molecule has 0 saturated heterocycles. The van der Waals surface area contributed by atoms with Crippen molar-refractivity contribution in [1.82, 2.24) is 25.1 Å². The van der Waals surface area contributed by atoms with Gasteiger partial charge in [-0.2, -0.15) is 4.98 Å². The van der Waals surface area contributed by atoms with Crippen LogP contribution in [0.25, 0.3) is 22.4 Å². The second-order valence-corrected chi connectivity index (χ2v) is 6.19. The third kappa shape index (κ3) is 3.15. The fourth-order valence-electron chi connectivity index (χ4n) is 2.81. The molecule has 4 rings (SSSR count). The van der Waals surface area contributed by atoms with Crippen LogP contribution in [0.1, 0.15) is 30.4 Å². The summed E-state index contributed by atoms with van der Waals surface area (Å²) in [5.74, 6) is 1.18. The highest BCUT2D eigenvalue weighted by molar-refractivity contribution is 5.79. The molecule has 0 amide bonds. The zero-order valence-electron chi connectivity index (χ0n) is 14.3. The van der Waals surface area contributed by atoms with Crippen molar-refractivity contribution in [3.8, 4) is 11.4 Å². The highest BCUT2D eigenvalue weighted by atomic mass is 16.5. The molecule has 25 heavy (non-hydrogen) atoms. The van der Waals surface area contributed by atoms with E-state index in [0.717, 1.165) is 35.1 Å². The van der Waals surface area contributed by atoms with Gasteiger partial charge in [-0.3, -0.25) is 0 Å². The lowest BCUT2D eigenvalue weighted by atomic mass is 10.1. The number of benzene rings is 2. The summed E-state index contributed by atoms with van der Waals surface area (Å²) in [6, 6.07) is 14.3.